The molecule has 1 N–H and O–H groups in total. The zero-order valence-electron chi connectivity index (χ0n) is 19.4. The molecule has 0 radical (unpaired) electrons. The predicted molar refractivity (Wildman–Crippen MR) is 129 cm³/mol. The summed E-state index contributed by atoms with van der Waals surface area (Å²) in [6.07, 6.45) is 5.73. The summed E-state index contributed by atoms with van der Waals surface area (Å²) in [5.74, 6) is -0.408. The number of pyridine rings is 2. The van der Waals surface area contributed by atoms with Crippen molar-refractivity contribution in [1.82, 2.24) is 14.9 Å². The van der Waals surface area contributed by atoms with Crippen molar-refractivity contribution in [2.24, 2.45) is 0 Å². The van der Waals surface area contributed by atoms with Crippen molar-refractivity contribution < 1.29 is 14.3 Å². The number of aryl methyl sites for hydroxylation is 1. The van der Waals surface area contributed by atoms with Crippen LogP contribution in [-0.4, -0.2) is 45.9 Å². The minimum Gasteiger partial charge on any atom is -0.462 e. The van der Waals surface area contributed by atoms with E-state index < -0.39 is 0 Å². The second-order valence-corrected chi connectivity index (χ2v) is 8.35. The molecular weight excluding hydrogens is 416 g/mol. The first-order valence-corrected chi connectivity index (χ1v) is 11.6. The molecule has 1 amide bonds. The van der Waals surface area contributed by atoms with Gasteiger partial charge in [0.25, 0.3) is 5.91 Å². The number of carbonyl (C=O) groups excluding carboxylic acids is 2. The maximum Gasteiger partial charge on any atom is 0.338 e. The van der Waals surface area contributed by atoms with E-state index in [-0.39, 0.29) is 17.9 Å². The van der Waals surface area contributed by atoms with E-state index >= 15 is 0 Å². The summed E-state index contributed by atoms with van der Waals surface area (Å²) in [6.45, 7) is 6.88. The highest BCUT2D eigenvalue weighted by Crippen LogP contribution is 2.32. The zero-order valence-corrected chi connectivity index (χ0v) is 19.4. The molecule has 7 heteroatoms. The standard InChI is InChI=1S/C26H30N4O3/c1-4-20-11-6-7-14-30(20)25(31)22-16-27-24-21(13-12-17(3)28-24)23(22)29-19-10-8-9-18(15-19)26(32)33-5-2/h8-10,12-13,15-16,20H,4-7,11,14H2,1-3H3,(H,27,28,29). The number of amides is 1. The summed E-state index contributed by atoms with van der Waals surface area (Å²) in [5, 5.41) is 4.15. The highest BCUT2D eigenvalue weighted by molar-refractivity contribution is 6.07. The van der Waals surface area contributed by atoms with Crippen molar-refractivity contribution in [3.8, 4) is 0 Å². The van der Waals surface area contributed by atoms with Gasteiger partial charge < -0.3 is 15.0 Å². The summed E-state index contributed by atoms with van der Waals surface area (Å²) < 4.78 is 5.13. The van der Waals surface area contributed by atoms with E-state index in [2.05, 4.69) is 22.2 Å². The Morgan fingerprint density at radius 3 is 2.82 bits per heavy atom. The van der Waals surface area contributed by atoms with Gasteiger partial charge in [0.2, 0.25) is 0 Å². The number of ether oxygens (including phenoxy) is 1. The molecule has 4 rings (SSSR count). The van der Waals surface area contributed by atoms with Crippen molar-refractivity contribution >= 4 is 34.3 Å². The summed E-state index contributed by atoms with van der Waals surface area (Å²) in [6, 6.07) is 11.2. The lowest BCUT2D eigenvalue weighted by atomic mass is 9.98. The predicted octanol–water partition coefficient (Wildman–Crippen LogP) is 5.26. The van der Waals surface area contributed by atoms with Crippen LogP contribution in [0.1, 0.15) is 65.9 Å². The lowest BCUT2D eigenvalue weighted by molar-refractivity contribution is 0.0525. The van der Waals surface area contributed by atoms with Crippen LogP contribution in [0, 0.1) is 6.92 Å². The molecule has 1 atom stereocenters. The second-order valence-electron chi connectivity index (χ2n) is 8.35. The van der Waals surface area contributed by atoms with Gasteiger partial charge in [0.05, 0.1) is 23.4 Å². The van der Waals surface area contributed by atoms with Crippen LogP contribution < -0.4 is 5.32 Å². The molecule has 7 nitrogen and oxygen atoms in total. The van der Waals surface area contributed by atoms with Crippen LogP contribution in [0.25, 0.3) is 11.0 Å². The van der Waals surface area contributed by atoms with Gasteiger partial charge in [-0.05, 0) is 69.9 Å². The number of hydrogen-bond acceptors (Lipinski definition) is 6. The number of carbonyl (C=O) groups is 2. The van der Waals surface area contributed by atoms with E-state index in [1.54, 1.807) is 31.3 Å². The molecule has 1 unspecified atom stereocenters. The van der Waals surface area contributed by atoms with Gasteiger partial charge in [0.15, 0.2) is 5.65 Å². The number of aromatic nitrogens is 2. The molecule has 172 valence electrons. The summed E-state index contributed by atoms with van der Waals surface area (Å²) in [5.41, 5.74) is 3.72. The first kappa shape index (κ1) is 22.7. The molecular formula is C26H30N4O3. The minimum atomic E-state index is -0.381. The molecule has 1 aromatic carbocycles. The topological polar surface area (TPSA) is 84.4 Å². The number of likely N-dealkylation sites (tertiary alicyclic amines) is 1. The average molecular weight is 447 g/mol. The Morgan fingerprint density at radius 2 is 2.03 bits per heavy atom. The first-order valence-electron chi connectivity index (χ1n) is 11.6. The van der Waals surface area contributed by atoms with Gasteiger partial charge in [0.1, 0.15) is 0 Å². The van der Waals surface area contributed by atoms with Crippen LogP contribution in [-0.2, 0) is 4.74 Å². The third kappa shape index (κ3) is 4.82. The Morgan fingerprint density at radius 1 is 1.18 bits per heavy atom. The molecule has 2 aromatic heterocycles. The van der Waals surface area contributed by atoms with Crippen LogP contribution in [0.15, 0.2) is 42.6 Å². The van der Waals surface area contributed by atoms with E-state index in [9.17, 15) is 9.59 Å². The highest BCUT2D eigenvalue weighted by atomic mass is 16.5. The second kappa shape index (κ2) is 9.98. The van der Waals surface area contributed by atoms with Crippen molar-refractivity contribution in [3.63, 3.8) is 0 Å². The Labute approximate surface area is 194 Å². The molecule has 1 saturated heterocycles. The monoisotopic (exact) mass is 446 g/mol. The van der Waals surface area contributed by atoms with Gasteiger partial charge in [-0.25, -0.2) is 14.8 Å². The van der Waals surface area contributed by atoms with Crippen molar-refractivity contribution in [2.45, 2.75) is 52.5 Å². The van der Waals surface area contributed by atoms with Crippen molar-refractivity contribution in [1.29, 1.82) is 0 Å². The Balaban J connectivity index is 1.78. The maximum atomic E-state index is 13.7. The third-order valence-corrected chi connectivity index (χ3v) is 6.10. The number of piperidine rings is 1. The highest BCUT2D eigenvalue weighted by Gasteiger charge is 2.29. The van der Waals surface area contributed by atoms with Crippen LogP contribution in [0.3, 0.4) is 0 Å². The number of fused-ring (bicyclic) bond motifs is 1. The fourth-order valence-corrected chi connectivity index (χ4v) is 4.40. The normalized spacial score (nSPS) is 16.0. The molecule has 0 aliphatic carbocycles. The number of nitrogens with zero attached hydrogens (tertiary/aromatic N) is 3. The number of hydrogen-bond donors (Lipinski definition) is 1. The summed E-state index contributed by atoms with van der Waals surface area (Å²) >= 11 is 0. The molecule has 33 heavy (non-hydrogen) atoms. The molecule has 0 spiro atoms. The summed E-state index contributed by atoms with van der Waals surface area (Å²) in [7, 11) is 0. The summed E-state index contributed by atoms with van der Waals surface area (Å²) in [4.78, 5) is 37.0. The molecule has 3 heterocycles. The smallest absolute Gasteiger partial charge is 0.338 e. The largest absolute Gasteiger partial charge is 0.462 e. The zero-order chi connectivity index (χ0) is 23.4. The maximum absolute atomic E-state index is 13.7. The van der Waals surface area contributed by atoms with Crippen LogP contribution >= 0.6 is 0 Å². The van der Waals surface area contributed by atoms with Gasteiger partial charge in [-0.3, -0.25) is 4.79 Å². The van der Waals surface area contributed by atoms with Crippen LogP contribution in [0.4, 0.5) is 11.4 Å². The Bertz CT molecular complexity index is 1180. The lowest BCUT2D eigenvalue weighted by Crippen LogP contribution is -2.43. The third-order valence-electron chi connectivity index (χ3n) is 6.10. The number of esters is 1. The van der Waals surface area contributed by atoms with E-state index in [0.29, 0.717) is 34.8 Å². The fourth-order valence-electron chi connectivity index (χ4n) is 4.40. The molecule has 3 aromatic rings. The van der Waals surface area contributed by atoms with Gasteiger partial charge in [-0.2, -0.15) is 0 Å². The number of anilines is 2. The van der Waals surface area contributed by atoms with Gasteiger partial charge >= 0.3 is 5.97 Å². The molecule has 0 bridgehead atoms. The fraction of sp³-hybridized carbons (Fsp3) is 0.385. The van der Waals surface area contributed by atoms with Crippen molar-refractivity contribution in [3.05, 3.63) is 59.4 Å². The number of rotatable bonds is 6. The Hall–Kier alpha value is -3.48. The van der Waals surface area contributed by atoms with Gasteiger partial charge in [0, 0.05) is 35.6 Å². The van der Waals surface area contributed by atoms with Crippen LogP contribution in [0.2, 0.25) is 0 Å². The van der Waals surface area contributed by atoms with E-state index in [1.807, 2.05) is 30.0 Å². The lowest BCUT2D eigenvalue weighted by Gasteiger charge is -2.35. The van der Waals surface area contributed by atoms with Gasteiger partial charge in [-0.1, -0.05) is 13.0 Å². The number of benzene rings is 1. The molecule has 1 aliphatic rings. The Kier molecular flexibility index (Phi) is 6.87. The van der Waals surface area contributed by atoms with E-state index in [1.165, 1.54) is 0 Å². The molecule has 0 saturated carbocycles. The minimum absolute atomic E-state index is 0.0272. The SMILES string of the molecule is CCOC(=O)c1cccc(Nc2c(C(=O)N3CCCCC3CC)cnc3nc(C)ccc23)c1. The number of nitrogens with one attached hydrogen (secondary N) is 1. The van der Waals surface area contributed by atoms with E-state index in [4.69, 9.17) is 4.74 Å². The average Bonchev–Trinajstić information content (AvgIpc) is 2.84. The molecule has 1 aliphatic heterocycles. The van der Waals surface area contributed by atoms with Crippen molar-refractivity contribution in [2.75, 3.05) is 18.5 Å². The first-order chi connectivity index (χ1) is 16.0. The quantitative estimate of drug-likeness (QED) is 0.520. The molecule has 1 fully saturated rings. The van der Waals surface area contributed by atoms with E-state index in [0.717, 1.165) is 43.3 Å². The van der Waals surface area contributed by atoms with Crippen LogP contribution in [0.5, 0.6) is 0 Å². The van der Waals surface area contributed by atoms with Gasteiger partial charge in [-0.15, -0.1) is 0 Å².